The molecule has 1 aromatic carbocycles. The quantitative estimate of drug-likeness (QED) is 0.784. The Kier molecular flexibility index (Phi) is 3.65. The lowest BCUT2D eigenvalue weighted by molar-refractivity contribution is 0.112. The highest BCUT2D eigenvalue weighted by Gasteiger charge is 2.24. The smallest absolute Gasteiger partial charge is 0.159 e. The molecule has 20 heavy (non-hydrogen) atoms. The number of nitrogens with zero attached hydrogens (tertiary/aromatic N) is 2. The summed E-state index contributed by atoms with van der Waals surface area (Å²) in [6, 6.07) is 3.34. The predicted molar refractivity (Wildman–Crippen MR) is 73.0 cm³/mol. The van der Waals surface area contributed by atoms with Gasteiger partial charge in [-0.1, -0.05) is 11.6 Å². The number of aldehydes is 1. The van der Waals surface area contributed by atoms with Crippen LogP contribution in [0.25, 0.3) is 11.3 Å². The van der Waals surface area contributed by atoms with Crippen LogP contribution in [0.4, 0.5) is 8.78 Å². The molecule has 0 aliphatic heterocycles. The topological polar surface area (TPSA) is 34.9 Å². The number of carbonyl (C=O) groups is 1. The molecule has 0 amide bonds. The summed E-state index contributed by atoms with van der Waals surface area (Å²) < 4.78 is 27.8. The van der Waals surface area contributed by atoms with Crippen molar-refractivity contribution in [1.82, 2.24) is 9.78 Å². The third-order valence-corrected chi connectivity index (χ3v) is 3.17. The first-order valence-corrected chi connectivity index (χ1v) is 6.33. The number of halogens is 3. The van der Waals surface area contributed by atoms with E-state index in [-0.39, 0.29) is 16.4 Å². The zero-order valence-electron chi connectivity index (χ0n) is 11.2. The molecule has 0 N–H and O–H groups in total. The van der Waals surface area contributed by atoms with Crippen LogP contribution < -0.4 is 0 Å². The largest absolute Gasteiger partial charge is 0.298 e. The Labute approximate surface area is 120 Å². The predicted octanol–water partition coefficient (Wildman–Crippen LogP) is 4.05. The minimum absolute atomic E-state index is 0.160. The molecular formula is C14H13ClF2N2O. The summed E-state index contributed by atoms with van der Waals surface area (Å²) in [4.78, 5) is 11.2. The van der Waals surface area contributed by atoms with Gasteiger partial charge in [0.05, 0.1) is 11.1 Å². The van der Waals surface area contributed by atoms with Crippen molar-refractivity contribution in [3.05, 3.63) is 40.6 Å². The number of aromatic nitrogens is 2. The molecule has 0 atom stereocenters. The second-order valence-corrected chi connectivity index (χ2v) is 5.74. The van der Waals surface area contributed by atoms with Gasteiger partial charge in [0, 0.05) is 5.56 Å². The van der Waals surface area contributed by atoms with Gasteiger partial charge in [-0.25, -0.2) is 13.5 Å². The van der Waals surface area contributed by atoms with Crippen LogP contribution in [0.2, 0.25) is 5.15 Å². The highest BCUT2D eigenvalue weighted by molar-refractivity contribution is 6.32. The molecule has 1 aromatic heterocycles. The van der Waals surface area contributed by atoms with Crippen molar-refractivity contribution in [2.45, 2.75) is 26.3 Å². The first kappa shape index (κ1) is 14.7. The Morgan fingerprint density at radius 3 is 2.40 bits per heavy atom. The summed E-state index contributed by atoms with van der Waals surface area (Å²) in [7, 11) is 0. The average molecular weight is 299 g/mol. The van der Waals surface area contributed by atoms with E-state index in [2.05, 4.69) is 5.10 Å². The Morgan fingerprint density at radius 2 is 1.90 bits per heavy atom. The zero-order valence-corrected chi connectivity index (χ0v) is 12.0. The number of carbonyl (C=O) groups excluding carboxylic acids is 1. The molecular weight excluding hydrogens is 286 g/mol. The lowest BCUT2D eigenvalue weighted by Gasteiger charge is -2.20. The molecule has 0 spiro atoms. The van der Waals surface area contributed by atoms with Gasteiger partial charge in [0.1, 0.15) is 10.8 Å². The summed E-state index contributed by atoms with van der Waals surface area (Å²) in [6.45, 7) is 5.61. The van der Waals surface area contributed by atoms with E-state index in [1.54, 1.807) is 0 Å². The van der Waals surface area contributed by atoms with Crippen molar-refractivity contribution in [1.29, 1.82) is 0 Å². The van der Waals surface area contributed by atoms with Crippen LogP contribution in [0.5, 0.6) is 0 Å². The van der Waals surface area contributed by atoms with Crippen molar-refractivity contribution in [2.24, 2.45) is 0 Å². The van der Waals surface area contributed by atoms with Crippen molar-refractivity contribution in [2.75, 3.05) is 0 Å². The number of benzene rings is 1. The maximum absolute atomic E-state index is 13.3. The van der Waals surface area contributed by atoms with Gasteiger partial charge in [-0.15, -0.1) is 0 Å². The van der Waals surface area contributed by atoms with Gasteiger partial charge in [0.25, 0.3) is 0 Å². The van der Waals surface area contributed by atoms with Gasteiger partial charge < -0.3 is 0 Å². The molecule has 2 aromatic rings. The highest BCUT2D eigenvalue weighted by Crippen LogP contribution is 2.31. The average Bonchev–Trinajstić information content (AvgIpc) is 2.69. The van der Waals surface area contributed by atoms with E-state index in [1.807, 2.05) is 20.8 Å². The van der Waals surface area contributed by atoms with Gasteiger partial charge in [-0.05, 0) is 39.0 Å². The second kappa shape index (κ2) is 4.98. The van der Waals surface area contributed by atoms with Gasteiger partial charge in [0.2, 0.25) is 0 Å². The molecule has 0 bridgehead atoms. The maximum Gasteiger partial charge on any atom is 0.159 e. The third kappa shape index (κ3) is 2.45. The molecule has 3 nitrogen and oxygen atoms in total. The molecule has 0 aliphatic carbocycles. The van der Waals surface area contributed by atoms with Crippen molar-refractivity contribution < 1.29 is 13.6 Å². The fourth-order valence-electron chi connectivity index (χ4n) is 1.82. The molecule has 0 radical (unpaired) electrons. The van der Waals surface area contributed by atoms with E-state index >= 15 is 0 Å². The summed E-state index contributed by atoms with van der Waals surface area (Å²) >= 11 is 6.14. The van der Waals surface area contributed by atoms with E-state index < -0.39 is 17.2 Å². The van der Waals surface area contributed by atoms with Crippen LogP contribution in [0.3, 0.4) is 0 Å². The Morgan fingerprint density at radius 1 is 1.25 bits per heavy atom. The van der Waals surface area contributed by atoms with E-state index in [0.29, 0.717) is 11.8 Å². The summed E-state index contributed by atoms with van der Waals surface area (Å²) in [5, 5.41) is 4.43. The summed E-state index contributed by atoms with van der Waals surface area (Å²) in [6.07, 6.45) is 0.564. The minimum atomic E-state index is -0.999. The van der Waals surface area contributed by atoms with Gasteiger partial charge in [0.15, 0.2) is 17.9 Å². The van der Waals surface area contributed by atoms with Crippen molar-refractivity contribution in [3.63, 3.8) is 0 Å². The highest BCUT2D eigenvalue weighted by atomic mass is 35.5. The van der Waals surface area contributed by atoms with E-state index in [4.69, 9.17) is 11.6 Å². The minimum Gasteiger partial charge on any atom is -0.298 e. The fourth-order valence-corrected chi connectivity index (χ4v) is 2.24. The Balaban J connectivity index is 2.68. The Bertz CT molecular complexity index is 675. The van der Waals surface area contributed by atoms with Crippen LogP contribution in [-0.4, -0.2) is 16.1 Å². The standard InChI is InChI=1S/C14H13ClF2N2O/c1-14(2,3)19-13(15)9(7-20)12(18-19)8-4-5-10(16)11(17)6-8/h4-7H,1-3H3. The normalized spacial score (nSPS) is 11.7. The molecule has 0 saturated carbocycles. The van der Waals surface area contributed by atoms with Gasteiger partial charge >= 0.3 is 0 Å². The molecule has 6 heteroatoms. The fraction of sp³-hybridized carbons (Fsp3) is 0.286. The first-order valence-electron chi connectivity index (χ1n) is 5.95. The van der Waals surface area contributed by atoms with Crippen LogP contribution in [0.15, 0.2) is 18.2 Å². The Hall–Kier alpha value is -1.75. The van der Waals surface area contributed by atoms with Crippen LogP contribution in [-0.2, 0) is 5.54 Å². The zero-order chi connectivity index (χ0) is 15.1. The van der Waals surface area contributed by atoms with Crippen LogP contribution in [0.1, 0.15) is 31.1 Å². The van der Waals surface area contributed by atoms with Crippen LogP contribution >= 0.6 is 11.6 Å². The maximum atomic E-state index is 13.3. The van der Waals surface area contributed by atoms with E-state index in [9.17, 15) is 13.6 Å². The monoisotopic (exact) mass is 298 g/mol. The lowest BCUT2D eigenvalue weighted by atomic mass is 10.1. The summed E-state index contributed by atoms with van der Waals surface area (Å²) in [5.74, 6) is -1.96. The molecule has 1 heterocycles. The van der Waals surface area contributed by atoms with Crippen molar-refractivity contribution in [3.8, 4) is 11.3 Å². The molecule has 0 saturated heterocycles. The van der Waals surface area contributed by atoms with Crippen LogP contribution in [0, 0.1) is 11.6 Å². The molecule has 0 aliphatic rings. The number of rotatable bonds is 2. The van der Waals surface area contributed by atoms with Crippen molar-refractivity contribution >= 4 is 17.9 Å². The van der Waals surface area contributed by atoms with Gasteiger partial charge in [-0.2, -0.15) is 5.10 Å². The van der Waals surface area contributed by atoms with E-state index in [0.717, 1.165) is 12.1 Å². The molecule has 0 unspecified atom stereocenters. The molecule has 0 fully saturated rings. The number of hydrogen-bond donors (Lipinski definition) is 0. The second-order valence-electron chi connectivity index (χ2n) is 5.38. The first-order chi connectivity index (χ1) is 9.25. The summed E-state index contributed by atoms with van der Waals surface area (Å²) in [5.41, 5.74) is 0.258. The molecule has 2 rings (SSSR count). The van der Waals surface area contributed by atoms with E-state index in [1.165, 1.54) is 10.7 Å². The number of hydrogen-bond acceptors (Lipinski definition) is 2. The third-order valence-electron chi connectivity index (χ3n) is 2.81. The SMILES string of the molecule is CC(C)(C)n1nc(-c2ccc(F)c(F)c2)c(C=O)c1Cl. The molecule has 106 valence electrons. The lowest BCUT2D eigenvalue weighted by Crippen LogP contribution is -2.23. The van der Waals surface area contributed by atoms with Gasteiger partial charge in [-0.3, -0.25) is 4.79 Å².